The summed E-state index contributed by atoms with van der Waals surface area (Å²) in [6.45, 7) is 3.30. The largest absolute Gasteiger partial charge is 0.472 e. The van der Waals surface area contributed by atoms with Crippen LogP contribution in [0.15, 0.2) is 35.3 Å². The van der Waals surface area contributed by atoms with E-state index in [1.807, 2.05) is 12.3 Å². The van der Waals surface area contributed by atoms with Gasteiger partial charge in [-0.25, -0.2) is 4.79 Å². The van der Waals surface area contributed by atoms with Crippen LogP contribution in [0.1, 0.15) is 23.7 Å². The first-order chi connectivity index (χ1) is 11.1. The van der Waals surface area contributed by atoms with E-state index in [4.69, 9.17) is 4.42 Å². The number of hydrogen-bond acceptors (Lipinski definition) is 4. The number of carbonyl (C=O) groups is 1. The maximum absolute atomic E-state index is 11.6. The van der Waals surface area contributed by atoms with Gasteiger partial charge in [0.15, 0.2) is 0 Å². The molecule has 1 aliphatic heterocycles. The van der Waals surface area contributed by atoms with Crippen LogP contribution in [0.3, 0.4) is 0 Å². The molecule has 0 fully saturated rings. The van der Waals surface area contributed by atoms with E-state index < -0.39 is 0 Å². The van der Waals surface area contributed by atoms with E-state index in [1.54, 1.807) is 31.5 Å². The Morgan fingerprint density at radius 2 is 2.35 bits per heavy atom. The Morgan fingerprint density at radius 1 is 1.48 bits per heavy atom. The van der Waals surface area contributed by atoms with Crippen molar-refractivity contribution in [3.63, 3.8) is 0 Å². The molecule has 0 aromatic carbocycles. The minimum Gasteiger partial charge on any atom is -0.472 e. The van der Waals surface area contributed by atoms with E-state index in [1.165, 1.54) is 11.3 Å². The zero-order valence-corrected chi connectivity index (χ0v) is 13.6. The number of fused-ring (bicyclic) bond motifs is 1. The number of hydrogen-bond donors (Lipinski definition) is 1. The summed E-state index contributed by atoms with van der Waals surface area (Å²) in [5, 5.41) is 7.38. The van der Waals surface area contributed by atoms with Gasteiger partial charge in [0.25, 0.3) is 0 Å². The number of nitrogens with zero attached hydrogens (tertiary/aromatic N) is 4. The number of furan rings is 1. The first-order valence-electron chi connectivity index (χ1n) is 7.84. The summed E-state index contributed by atoms with van der Waals surface area (Å²) in [5.74, 6) is 0. The van der Waals surface area contributed by atoms with Crippen LogP contribution in [0.5, 0.6) is 0 Å². The highest BCUT2D eigenvalue weighted by molar-refractivity contribution is 5.73. The van der Waals surface area contributed by atoms with Crippen molar-refractivity contribution in [3.05, 3.63) is 42.1 Å². The topological polar surface area (TPSA) is 66.5 Å². The highest BCUT2D eigenvalue weighted by Gasteiger charge is 2.25. The van der Waals surface area contributed by atoms with Gasteiger partial charge in [-0.3, -0.25) is 9.58 Å². The molecule has 2 aromatic heterocycles. The molecule has 3 rings (SSSR count). The minimum absolute atomic E-state index is 0.0586. The Kier molecular flexibility index (Phi) is 4.66. The Hall–Kier alpha value is -2.28. The van der Waals surface area contributed by atoms with Gasteiger partial charge in [0.2, 0.25) is 0 Å². The molecule has 7 nitrogen and oxygen atoms in total. The molecule has 1 aliphatic rings. The molecule has 0 aliphatic carbocycles. The van der Waals surface area contributed by atoms with Crippen molar-refractivity contribution < 1.29 is 9.21 Å². The zero-order valence-electron chi connectivity index (χ0n) is 13.6. The Balaban J connectivity index is 1.61. The predicted molar refractivity (Wildman–Crippen MR) is 85.8 cm³/mol. The van der Waals surface area contributed by atoms with E-state index in [9.17, 15) is 4.79 Å². The third kappa shape index (κ3) is 3.73. The average Bonchev–Trinajstić information content (AvgIpc) is 3.18. The van der Waals surface area contributed by atoms with Crippen molar-refractivity contribution in [1.82, 2.24) is 24.9 Å². The van der Waals surface area contributed by atoms with Crippen molar-refractivity contribution in [2.24, 2.45) is 0 Å². The summed E-state index contributed by atoms with van der Waals surface area (Å²) in [4.78, 5) is 15.6. The van der Waals surface area contributed by atoms with Crippen LogP contribution in [0.4, 0.5) is 4.79 Å². The normalized spacial score (nSPS) is 17.7. The van der Waals surface area contributed by atoms with Crippen LogP contribution in [0.25, 0.3) is 0 Å². The summed E-state index contributed by atoms with van der Waals surface area (Å²) < 4.78 is 7.25. The molecule has 2 amide bonds. The average molecular weight is 317 g/mol. The first kappa shape index (κ1) is 15.6. The molecular weight excluding hydrogens is 294 g/mol. The molecule has 124 valence electrons. The highest BCUT2D eigenvalue weighted by Crippen LogP contribution is 2.24. The molecule has 3 heterocycles. The monoisotopic (exact) mass is 317 g/mol. The lowest BCUT2D eigenvalue weighted by Gasteiger charge is -2.33. The summed E-state index contributed by atoms with van der Waals surface area (Å²) >= 11 is 0. The summed E-state index contributed by atoms with van der Waals surface area (Å²) in [6, 6.07) is 4.27. The number of rotatable bonds is 5. The molecular formula is C16H23N5O2. The number of nitrogens with one attached hydrogen (secondary N) is 1. The second-order valence-corrected chi connectivity index (χ2v) is 6.14. The third-order valence-corrected chi connectivity index (χ3v) is 4.10. The van der Waals surface area contributed by atoms with Gasteiger partial charge in [-0.1, -0.05) is 0 Å². The molecule has 0 spiro atoms. The fraction of sp³-hybridized carbons (Fsp3) is 0.500. The van der Waals surface area contributed by atoms with E-state index in [0.29, 0.717) is 6.54 Å². The van der Waals surface area contributed by atoms with Crippen LogP contribution in [-0.2, 0) is 13.1 Å². The van der Waals surface area contributed by atoms with E-state index in [-0.39, 0.29) is 12.1 Å². The van der Waals surface area contributed by atoms with Crippen molar-refractivity contribution in [1.29, 1.82) is 0 Å². The predicted octanol–water partition coefficient (Wildman–Crippen LogP) is 1.69. The number of aromatic nitrogens is 2. The van der Waals surface area contributed by atoms with E-state index >= 15 is 0 Å². The van der Waals surface area contributed by atoms with Crippen molar-refractivity contribution in [2.45, 2.75) is 25.6 Å². The maximum atomic E-state index is 11.6. The number of urea groups is 1. The summed E-state index contributed by atoms with van der Waals surface area (Å²) in [6.07, 6.45) is 6.20. The van der Waals surface area contributed by atoms with Gasteiger partial charge in [0, 0.05) is 52.0 Å². The van der Waals surface area contributed by atoms with Gasteiger partial charge >= 0.3 is 6.03 Å². The molecule has 1 N–H and O–H groups in total. The standard InChI is InChI=1S/C16H23N5O2/c1-19(2)16(22)17-6-3-14-10-20(9-13-5-8-23-12-13)11-15-4-7-18-21(14)15/h4-5,7-8,12,14H,3,6,9-11H2,1-2H3,(H,17,22)/t14-/m0/s1. The quantitative estimate of drug-likeness (QED) is 0.911. The van der Waals surface area contributed by atoms with Crippen molar-refractivity contribution >= 4 is 6.03 Å². The second kappa shape index (κ2) is 6.87. The van der Waals surface area contributed by atoms with Crippen LogP contribution in [-0.4, -0.2) is 52.8 Å². The van der Waals surface area contributed by atoms with Crippen molar-refractivity contribution in [2.75, 3.05) is 27.2 Å². The lowest BCUT2D eigenvalue weighted by Crippen LogP contribution is -2.40. The first-order valence-corrected chi connectivity index (χ1v) is 7.84. The van der Waals surface area contributed by atoms with Crippen LogP contribution < -0.4 is 5.32 Å². The maximum Gasteiger partial charge on any atom is 0.316 e. The van der Waals surface area contributed by atoms with Gasteiger partial charge < -0.3 is 14.6 Å². The zero-order chi connectivity index (χ0) is 16.2. The molecule has 0 saturated carbocycles. The van der Waals surface area contributed by atoms with Gasteiger partial charge in [0.1, 0.15) is 0 Å². The molecule has 0 radical (unpaired) electrons. The van der Waals surface area contributed by atoms with E-state index in [2.05, 4.69) is 26.1 Å². The molecule has 0 bridgehead atoms. The SMILES string of the molecule is CN(C)C(=O)NCC[C@H]1CN(Cc2ccoc2)Cc2ccnn21. The van der Waals surface area contributed by atoms with Gasteiger partial charge in [-0.2, -0.15) is 5.10 Å². The summed E-state index contributed by atoms with van der Waals surface area (Å²) in [7, 11) is 3.49. The lowest BCUT2D eigenvalue weighted by atomic mass is 10.1. The molecule has 0 unspecified atom stereocenters. The smallest absolute Gasteiger partial charge is 0.316 e. The fourth-order valence-corrected chi connectivity index (χ4v) is 2.94. The molecule has 7 heteroatoms. The third-order valence-electron chi connectivity index (χ3n) is 4.10. The molecule has 0 saturated heterocycles. The summed E-state index contributed by atoms with van der Waals surface area (Å²) in [5.41, 5.74) is 2.39. The van der Waals surface area contributed by atoms with Gasteiger partial charge in [0.05, 0.1) is 24.3 Å². The second-order valence-electron chi connectivity index (χ2n) is 6.14. The van der Waals surface area contributed by atoms with Gasteiger partial charge in [-0.15, -0.1) is 0 Å². The fourth-order valence-electron chi connectivity index (χ4n) is 2.94. The van der Waals surface area contributed by atoms with Crippen LogP contribution in [0, 0.1) is 0 Å². The number of carbonyl (C=O) groups excluding carboxylic acids is 1. The Labute approximate surface area is 135 Å². The Morgan fingerprint density at radius 3 is 3.09 bits per heavy atom. The molecule has 2 aromatic rings. The molecule has 23 heavy (non-hydrogen) atoms. The Bertz CT molecular complexity index is 635. The van der Waals surface area contributed by atoms with E-state index in [0.717, 1.165) is 26.1 Å². The highest BCUT2D eigenvalue weighted by atomic mass is 16.3. The molecule has 1 atom stereocenters. The van der Waals surface area contributed by atoms with Crippen molar-refractivity contribution in [3.8, 4) is 0 Å². The van der Waals surface area contributed by atoms with Crippen LogP contribution >= 0.6 is 0 Å². The lowest BCUT2D eigenvalue weighted by molar-refractivity contribution is 0.160. The minimum atomic E-state index is -0.0586. The van der Waals surface area contributed by atoms with Crippen LogP contribution in [0.2, 0.25) is 0 Å². The number of amides is 2. The van der Waals surface area contributed by atoms with Gasteiger partial charge in [-0.05, 0) is 18.6 Å².